The zero-order chi connectivity index (χ0) is 10.2. The largest absolute Gasteiger partial charge is 0.394 e. The van der Waals surface area contributed by atoms with Crippen LogP contribution in [-0.2, 0) is 4.43 Å². The number of hydrogen-bond donors (Lipinski definition) is 1. The molecule has 0 aliphatic heterocycles. The third-order valence-corrected chi connectivity index (χ3v) is 6.00. The molecule has 0 aromatic carbocycles. The molecule has 1 atom stereocenters. The van der Waals surface area contributed by atoms with Gasteiger partial charge in [-0.1, -0.05) is 19.6 Å². The van der Waals surface area contributed by atoms with Crippen molar-refractivity contribution >= 4 is 16.4 Å². The third kappa shape index (κ3) is 3.84. The number of rotatable bonds is 3. The topological polar surface area (TPSA) is 29.5 Å². The lowest BCUT2D eigenvalue weighted by Crippen LogP contribution is -2.56. The third-order valence-electron chi connectivity index (χ3n) is 1.90. The van der Waals surface area contributed by atoms with Gasteiger partial charge in [0.1, 0.15) is 13.5 Å². The van der Waals surface area contributed by atoms with Crippen molar-refractivity contribution in [1.29, 1.82) is 0 Å². The summed E-state index contributed by atoms with van der Waals surface area (Å²) in [5.41, 5.74) is -0.878. The summed E-state index contributed by atoms with van der Waals surface area (Å²) in [7, 11) is -3.24. The smallest absolute Gasteiger partial charge is 0.187 e. The minimum absolute atomic E-state index is 0.878. The second-order valence-corrected chi connectivity index (χ2v) is 15.3. The molecule has 0 rings (SSSR count). The highest BCUT2D eigenvalue weighted by atomic mass is 28.4. The van der Waals surface area contributed by atoms with Crippen molar-refractivity contribution < 1.29 is 9.53 Å². The molecule has 0 aliphatic carbocycles. The van der Waals surface area contributed by atoms with E-state index in [-0.39, 0.29) is 0 Å². The van der Waals surface area contributed by atoms with Crippen molar-refractivity contribution in [3.8, 4) is 0 Å². The summed E-state index contributed by atoms with van der Waals surface area (Å²) in [6, 6.07) is 0. The van der Waals surface area contributed by atoms with Crippen molar-refractivity contribution in [2.24, 2.45) is 0 Å². The number of aliphatic hydroxyl groups is 1. The van der Waals surface area contributed by atoms with Gasteiger partial charge in [-0.3, -0.25) is 0 Å². The zero-order valence-corrected chi connectivity index (χ0v) is 11.4. The summed E-state index contributed by atoms with van der Waals surface area (Å²) in [4.78, 5) is 0. The highest BCUT2D eigenvalue weighted by Crippen LogP contribution is 2.25. The fraction of sp³-hybridized carbons (Fsp3) is 1.00. The van der Waals surface area contributed by atoms with Crippen LogP contribution in [0.4, 0.5) is 0 Å². The molecule has 4 heteroatoms. The van der Waals surface area contributed by atoms with Crippen LogP contribution in [0.5, 0.6) is 0 Å². The quantitative estimate of drug-likeness (QED) is 0.568. The van der Waals surface area contributed by atoms with Gasteiger partial charge in [0.2, 0.25) is 0 Å². The van der Waals surface area contributed by atoms with E-state index in [1.54, 1.807) is 6.92 Å². The van der Waals surface area contributed by atoms with E-state index >= 15 is 0 Å². The first kappa shape index (κ1) is 12.4. The van der Waals surface area contributed by atoms with E-state index in [1.165, 1.54) is 0 Å². The molecule has 0 bridgehead atoms. The molecule has 74 valence electrons. The van der Waals surface area contributed by atoms with Crippen LogP contribution in [0.1, 0.15) is 6.92 Å². The first-order valence-corrected chi connectivity index (χ1v) is 11.3. The van der Waals surface area contributed by atoms with E-state index < -0.39 is 21.8 Å². The Kier molecular flexibility index (Phi) is 3.35. The Balaban J connectivity index is 4.44. The van der Waals surface area contributed by atoms with Crippen molar-refractivity contribution in [3.63, 3.8) is 0 Å². The van der Waals surface area contributed by atoms with E-state index in [4.69, 9.17) is 4.43 Å². The Labute approximate surface area is 78.1 Å². The predicted molar refractivity (Wildman–Crippen MR) is 58.4 cm³/mol. The normalized spacial score (nSPS) is 19.0. The summed E-state index contributed by atoms with van der Waals surface area (Å²) in [6.45, 7) is 14.5. The van der Waals surface area contributed by atoms with Crippen molar-refractivity contribution in [1.82, 2.24) is 0 Å². The molecule has 0 aliphatic rings. The molecule has 0 saturated heterocycles. The van der Waals surface area contributed by atoms with Gasteiger partial charge < -0.3 is 9.53 Å². The fourth-order valence-electron chi connectivity index (χ4n) is 0.749. The predicted octanol–water partition coefficient (Wildman–Crippen LogP) is 2.42. The first-order chi connectivity index (χ1) is 4.96. The summed E-state index contributed by atoms with van der Waals surface area (Å²) in [6.07, 6.45) is 0. The molecule has 0 spiro atoms. The van der Waals surface area contributed by atoms with Crippen molar-refractivity contribution in [2.45, 2.75) is 51.6 Å². The van der Waals surface area contributed by atoms with Gasteiger partial charge in [0, 0.05) is 0 Å². The Morgan fingerprint density at radius 3 is 1.42 bits per heavy atom. The van der Waals surface area contributed by atoms with E-state index in [2.05, 4.69) is 39.3 Å². The van der Waals surface area contributed by atoms with Crippen molar-refractivity contribution in [3.05, 3.63) is 0 Å². The molecule has 0 heterocycles. The van der Waals surface area contributed by atoms with Crippen LogP contribution >= 0.6 is 0 Å². The molecule has 0 radical (unpaired) electrons. The molecule has 1 N–H and O–H groups in total. The van der Waals surface area contributed by atoms with Crippen LogP contribution in [0.25, 0.3) is 0 Å². The Morgan fingerprint density at radius 1 is 1.00 bits per heavy atom. The van der Waals surface area contributed by atoms with E-state index in [1.807, 2.05) is 0 Å². The van der Waals surface area contributed by atoms with Crippen molar-refractivity contribution in [2.75, 3.05) is 0 Å². The maximum absolute atomic E-state index is 10.1. The van der Waals surface area contributed by atoms with Gasteiger partial charge in [-0.25, -0.2) is 0 Å². The summed E-state index contributed by atoms with van der Waals surface area (Å²) in [5, 5.41) is 10.1. The minimum Gasteiger partial charge on any atom is -0.394 e. The average molecular weight is 206 g/mol. The Hall–Kier alpha value is 0.354. The second kappa shape index (κ2) is 3.25. The van der Waals surface area contributed by atoms with Gasteiger partial charge in [-0.2, -0.15) is 0 Å². The van der Waals surface area contributed by atoms with Crippen LogP contribution in [-0.4, -0.2) is 26.9 Å². The fourth-order valence-corrected chi connectivity index (χ4v) is 4.09. The Morgan fingerprint density at radius 2 is 1.33 bits per heavy atom. The van der Waals surface area contributed by atoms with Crippen LogP contribution in [0.2, 0.25) is 39.3 Å². The molecular formula is C8H22O2Si2. The van der Waals surface area contributed by atoms with Crippen LogP contribution < -0.4 is 0 Å². The molecule has 0 aromatic heterocycles. The molecule has 0 saturated carbocycles. The van der Waals surface area contributed by atoms with E-state index in [9.17, 15) is 5.11 Å². The monoisotopic (exact) mass is 206 g/mol. The molecule has 0 aromatic rings. The first-order valence-electron chi connectivity index (χ1n) is 4.38. The van der Waals surface area contributed by atoms with Crippen LogP contribution in [0.15, 0.2) is 0 Å². The standard InChI is InChI=1S/C8H22O2Si2/c1-8(9,11(2,3)4)10-12(5,6)7/h9H,1-7H3. The highest BCUT2D eigenvalue weighted by Gasteiger charge is 2.41. The zero-order valence-electron chi connectivity index (χ0n) is 9.36. The molecule has 0 amide bonds. The highest BCUT2D eigenvalue weighted by molar-refractivity contribution is 6.80. The molecule has 2 nitrogen and oxygen atoms in total. The molecule has 1 unspecified atom stereocenters. The van der Waals surface area contributed by atoms with Gasteiger partial charge in [0.15, 0.2) is 8.32 Å². The second-order valence-electron chi connectivity index (χ2n) is 5.45. The Bertz CT molecular complexity index is 153. The average Bonchev–Trinajstić information content (AvgIpc) is 1.52. The SMILES string of the molecule is CC(O)(O[Si](C)(C)C)[Si](C)(C)C. The summed E-state index contributed by atoms with van der Waals surface area (Å²) >= 11 is 0. The number of hydrogen-bond acceptors (Lipinski definition) is 2. The molecule has 12 heavy (non-hydrogen) atoms. The van der Waals surface area contributed by atoms with E-state index in [0.29, 0.717) is 0 Å². The van der Waals surface area contributed by atoms with Gasteiger partial charge >= 0.3 is 0 Å². The summed E-state index contributed by atoms with van der Waals surface area (Å²) < 4.78 is 5.75. The lowest BCUT2D eigenvalue weighted by Gasteiger charge is -2.40. The van der Waals surface area contributed by atoms with Gasteiger partial charge in [0.05, 0.1) is 0 Å². The van der Waals surface area contributed by atoms with Crippen LogP contribution in [0, 0.1) is 0 Å². The lowest BCUT2D eigenvalue weighted by atomic mass is 10.8. The van der Waals surface area contributed by atoms with Gasteiger partial charge in [0.25, 0.3) is 0 Å². The van der Waals surface area contributed by atoms with E-state index in [0.717, 1.165) is 0 Å². The lowest BCUT2D eigenvalue weighted by molar-refractivity contribution is -0.0623. The maximum atomic E-state index is 10.1. The maximum Gasteiger partial charge on any atom is 0.187 e. The van der Waals surface area contributed by atoms with Gasteiger partial charge in [-0.05, 0) is 26.6 Å². The molecular weight excluding hydrogens is 184 g/mol. The van der Waals surface area contributed by atoms with Gasteiger partial charge in [-0.15, -0.1) is 0 Å². The summed E-state index contributed by atoms with van der Waals surface area (Å²) in [5.74, 6) is 0. The minimum atomic E-state index is -1.63. The molecule has 0 fully saturated rings. The van der Waals surface area contributed by atoms with Crippen LogP contribution in [0.3, 0.4) is 0 Å².